The molecule has 1 saturated carbocycles. The number of ketones is 1. The third-order valence-electron chi connectivity index (χ3n) is 5.43. The number of nitrogens with one attached hydrogen (secondary N) is 1. The van der Waals surface area contributed by atoms with E-state index in [9.17, 15) is 14.7 Å². The van der Waals surface area contributed by atoms with Crippen LogP contribution in [0.2, 0.25) is 0 Å². The maximum absolute atomic E-state index is 12.7. The van der Waals surface area contributed by atoms with Crippen LogP contribution in [0.25, 0.3) is 0 Å². The average Bonchev–Trinajstić information content (AvgIpc) is 2.59. The monoisotopic (exact) mass is 345 g/mol. The van der Waals surface area contributed by atoms with Gasteiger partial charge in [-0.1, -0.05) is 19.3 Å². The number of aliphatic hydroxyl groups excluding tert-OH is 1. The van der Waals surface area contributed by atoms with E-state index in [0.29, 0.717) is 16.9 Å². The van der Waals surface area contributed by atoms with Gasteiger partial charge in [0, 0.05) is 17.0 Å². The molecule has 1 heterocycles. The minimum absolute atomic E-state index is 0.00588. The highest BCUT2D eigenvalue weighted by Gasteiger charge is 2.44. The van der Waals surface area contributed by atoms with Crippen LogP contribution in [0.5, 0.6) is 5.75 Å². The molecule has 0 bridgehead atoms. The molecule has 2 aliphatic rings. The minimum Gasteiger partial charge on any atom is -0.485 e. The Morgan fingerprint density at radius 3 is 2.52 bits per heavy atom. The van der Waals surface area contributed by atoms with Gasteiger partial charge in [-0.05, 0) is 51.8 Å². The van der Waals surface area contributed by atoms with Crippen LogP contribution in [0, 0.1) is 5.92 Å². The third-order valence-corrected chi connectivity index (χ3v) is 5.43. The van der Waals surface area contributed by atoms with Crippen LogP contribution < -0.4 is 10.1 Å². The maximum atomic E-state index is 12.7. The zero-order valence-electron chi connectivity index (χ0n) is 15.2. The van der Waals surface area contributed by atoms with E-state index in [1.165, 1.54) is 13.3 Å². The molecule has 2 atom stereocenters. The van der Waals surface area contributed by atoms with Gasteiger partial charge in [-0.25, -0.2) is 0 Å². The van der Waals surface area contributed by atoms with Crippen molar-refractivity contribution in [2.75, 3.05) is 0 Å². The summed E-state index contributed by atoms with van der Waals surface area (Å²) in [7, 11) is 0. The Morgan fingerprint density at radius 1 is 1.20 bits per heavy atom. The van der Waals surface area contributed by atoms with Crippen LogP contribution >= 0.6 is 0 Å². The fraction of sp³-hybridized carbons (Fsp3) is 0.600. The lowest BCUT2D eigenvalue weighted by Crippen LogP contribution is -2.54. The second-order valence-corrected chi connectivity index (χ2v) is 7.78. The lowest BCUT2D eigenvalue weighted by atomic mass is 9.84. The molecule has 1 aliphatic heterocycles. The van der Waals surface area contributed by atoms with Gasteiger partial charge in [0.15, 0.2) is 5.78 Å². The van der Waals surface area contributed by atoms with Crippen molar-refractivity contribution >= 4 is 11.7 Å². The van der Waals surface area contributed by atoms with Gasteiger partial charge in [-0.2, -0.15) is 0 Å². The molecule has 1 aliphatic carbocycles. The van der Waals surface area contributed by atoms with Gasteiger partial charge in [-0.3, -0.25) is 9.59 Å². The number of ether oxygens (including phenoxy) is 1. The van der Waals surface area contributed by atoms with Crippen molar-refractivity contribution in [1.82, 2.24) is 5.32 Å². The standard InChI is InChI=1S/C20H27NO4/c1-12(22)14-9-10-16-15(11-14)17(18(23)20(2,3)25-16)21-19(24)13-7-5-4-6-8-13/h9-11,13,17-18,23H,4-8H2,1-3H3,(H,21,24)/t17-,18+/m1/s1. The zero-order chi connectivity index (χ0) is 18.2. The Balaban J connectivity index is 1.91. The predicted octanol–water partition coefficient (Wildman–Crippen LogP) is 3.16. The van der Waals surface area contributed by atoms with Crippen molar-refractivity contribution < 1.29 is 19.4 Å². The van der Waals surface area contributed by atoms with Crippen molar-refractivity contribution in [3.8, 4) is 5.75 Å². The van der Waals surface area contributed by atoms with Gasteiger partial charge in [-0.15, -0.1) is 0 Å². The summed E-state index contributed by atoms with van der Waals surface area (Å²) in [5.41, 5.74) is 0.393. The fourth-order valence-electron chi connectivity index (χ4n) is 3.81. The molecule has 0 radical (unpaired) electrons. The summed E-state index contributed by atoms with van der Waals surface area (Å²) in [4.78, 5) is 24.4. The number of hydrogen-bond donors (Lipinski definition) is 2. The molecule has 1 aromatic carbocycles. The first-order valence-corrected chi connectivity index (χ1v) is 9.12. The molecule has 25 heavy (non-hydrogen) atoms. The highest BCUT2D eigenvalue weighted by molar-refractivity contribution is 5.94. The molecule has 0 saturated heterocycles. The molecule has 0 unspecified atom stereocenters. The van der Waals surface area contributed by atoms with Crippen molar-refractivity contribution in [3.05, 3.63) is 29.3 Å². The number of Topliss-reactive ketones (excluding diaryl/α,β-unsaturated/α-hetero) is 1. The lowest BCUT2D eigenvalue weighted by Gasteiger charge is -2.42. The summed E-state index contributed by atoms with van der Waals surface area (Å²) in [5, 5.41) is 13.8. The third kappa shape index (κ3) is 3.56. The summed E-state index contributed by atoms with van der Waals surface area (Å²) < 4.78 is 5.91. The summed E-state index contributed by atoms with van der Waals surface area (Å²) in [6.07, 6.45) is 4.23. The first-order chi connectivity index (χ1) is 11.8. The summed E-state index contributed by atoms with van der Waals surface area (Å²) in [6, 6.07) is 4.61. The SMILES string of the molecule is CC(=O)c1ccc2c(c1)[C@@H](NC(=O)C1CCCCC1)[C@H](O)C(C)(C)O2. The molecular formula is C20H27NO4. The largest absolute Gasteiger partial charge is 0.485 e. The normalized spacial score (nSPS) is 25.6. The van der Waals surface area contributed by atoms with Crippen LogP contribution in [0.4, 0.5) is 0 Å². The van der Waals surface area contributed by atoms with E-state index < -0.39 is 17.7 Å². The van der Waals surface area contributed by atoms with E-state index in [2.05, 4.69) is 5.32 Å². The quantitative estimate of drug-likeness (QED) is 0.825. The van der Waals surface area contributed by atoms with Crippen LogP contribution in [-0.4, -0.2) is 28.5 Å². The Labute approximate surface area is 148 Å². The Kier molecular flexibility index (Phi) is 4.87. The number of hydrogen-bond acceptors (Lipinski definition) is 4. The first-order valence-electron chi connectivity index (χ1n) is 9.12. The Morgan fingerprint density at radius 2 is 1.88 bits per heavy atom. The van der Waals surface area contributed by atoms with Gasteiger partial charge < -0.3 is 15.2 Å². The van der Waals surface area contributed by atoms with Crippen LogP contribution in [0.3, 0.4) is 0 Å². The van der Waals surface area contributed by atoms with E-state index >= 15 is 0 Å². The number of rotatable bonds is 3. The van der Waals surface area contributed by atoms with Gasteiger partial charge in [0.2, 0.25) is 5.91 Å². The molecule has 136 valence electrons. The molecule has 2 N–H and O–H groups in total. The summed E-state index contributed by atoms with van der Waals surface area (Å²) >= 11 is 0. The molecule has 1 amide bonds. The highest BCUT2D eigenvalue weighted by Crippen LogP contribution is 2.40. The number of carbonyl (C=O) groups excluding carboxylic acids is 2. The van der Waals surface area contributed by atoms with E-state index in [1.54, 1.807) is 32.0 Å². The number of fused-ring (bicyclic) bond motifs is 1. The number of benzene rings is 1. The highest BCUT2D eigenvalue weighted by atomic mass is 16.5. The Hall–Kier alpha value is -1.88. The van der Waals surface area contributed by atoms with E-state index in [-0.39, 0.29) is 17.6 Å². The molecule has 0 spiro atoms. The smallest absolute Gasteiger partial charge is 0.223 e. The van der Waals surface area contributed by atoms with Gasteiger partial charge >= 0.3 is 0 Å². The fourth-order valence-corrected chi connectivity index (χ4v) is 3.81. The van der Waals surface area contributed by atoms with Gasteiger partial charge in [0.25, 0.3) is 0 Å². The lowest BCUT2D eigenvalue weighted by molar-refractivity contribution is -0.130. The molecule has 1 fully saturated rings. The predicted molar refractivity (Wildman–Crippen MR) is 94.6 cm³/mol. The van der Waals surface area contributed by atoms with Crippen LogP contribution in [-0.2, 0) is 4.79 Å². The maximum Gasteiger partial charge on any atom is 0.223 e. The van der Waals surface area contributed by atoms with Gasteiger partial charge in [0.05, 0.1) is 6.04 Å². The molecule has 3 rings (SSSR count). The van der Waals surface area contributed by atoms with Crippen LogP contribution in [0.1, 0.15) is 74.8 Å². The summed E-state index contributed by atoms with van der Waals surface area (Å²) in [5.74, 6) is 0.542. The number of aliphatic hydroxyl groups is 1. The van der Waals surface area contributed by atoms with Gasteiger partial charge in [0.1, 0.15) is 17.5 Å². The minimum atomic E-state index is -0.894. The number of amides is 1. The molecule has 1 aromatic rings. The van der Waals surface area contributed by atoms with Crippen molar-refractivity contribution in [2.24, 2.45) is 5.92 Å². The number of carbonyl (C=O) groups is 2. The van der Waals surface area contributed by atoms with Crippen molar-refractivity contribution in [2.45, 2.75) is 70.6 Å². The molecule has 0 aromatic heterocycles. The van der Waals surface area contributed by atoms with E-state index in [4.69, 9.17) is 4.74 Å². The average molecular weight is 345 g/mol. The van der Waals surface area contributed by atoms with Crippen molar-refractivity contribution in [1.29, 1.82) is 0 Å². The topological polar surface area (TPSA) is 75.6 Å². The Bertz CT molecular complexity index is 676. The molecular weight excluding hydrogens is 318 g/mol. The zero-order valence-corrected chi connectivity index (χ0v) is 15.2. The summed E-state index contributed by atoms with van der Waals surface area (Å²) in [6.45, 7) is 5.11. The van der Waals surface area contributed by atoms with Crippen LogP contribution in [0.15, 0.2) is 18.2 Å². The van der Waals surface area contributed by atoms with Crippen molar-refractivity contribution in [3.63, 3.8) is 0 Å². The van der Waals surface area contributed by atoms with E-state index in [0.717, 1.165) is 25.7 Å². The van der Waals surface area contributed by atoms with E-state index in [1.807, 2.05) is 0 Å². The molecule has 5 nitrogen and oxygen atoms in total. The second kappa shape index (κ2) is 6.79. The molecule has 5 heteroatoms. The second-order valence-electron chi connectivity index (χ2n) is 7.78. The first kappa shape index (κ1) is 17.9.